The molecule has 0 aliphatic heterocycles. The fourth-order valence-corrected chi connectivity index (χ4v) is 3.34. The molecule has 0 bridgehead atoms. The van der Waals surface area contributed by atoms with E-state index < -0.39 is 0 Å². The molecule has 140 valence electrons. The molecule has 0 saturated heterocycles. The maximum atomic E-state index is 12.0. The normalized spacial score (nSPS) is 10.6. The number of nitrogens with one attached hydrogen (secondary N) is 1. The lowest BCUT2D eigenvalue weighted by Gasteiger charge is -2.03. The highest BCUT2D eigenvalue weighted by molar-refractivity contribution is 7.99. The monoisotopic (exact) mass is 403 g/mol. The molecule has 0 saturated carbocycles. The number of aromatic nitrogens is 2. The van der Waals surface area contributed by atoms with Crippen LogP contribution in [0.1, 0.15) is 11.5 Å². The minimum absolute atomic E-state index is 0.0943. The van der Waals surface area contributed by atoms with E-state index in [9.17, 15) is 4.79 Å². The lowest BCUT2D eigenvalue weighted by molar-refractivity contribution is -0.118. The van der Waals surface area contributed by atoms with E-state index in [0.717, 1.165) is 11.1 Å². The number of benzene rings is 2. The van der Waals surface area contributed by atoms with Crippen molar-refractivity contribution in [2.45, 2.75) is 12.3 Å². The van der Waals surface area contributed by atoms with E-state index in [1.165, 1.54) is 11.8 Å². The van der Waals surface area contributed by atoms with Crippen molar-refractivity contribution >= 4 is 29.3 Å². The molecule has 1 aromatic heterocycles. The summed E-state index contributed by atoms with van der Waals surface area (Å²) in [5.41, 5.74) is 1.87. The molecule has 3 aromatic rings. The zero-order valence-electron chi connectivity index (χ0n) is 14.6. The maximum Gasteiger partial charge on any atom is 0.246 e. The number of hydrogen-bond acceptors (Lipinski definition) is 6. The third-order valence-electron chi connectivity index (χ3n) is 3.62. The van der Waals surface area contributed by atoms with Gasteiger partial charge in [-0.05, 0) is 29.8 Å². The molecule has 1 N–H and O–H groups in total. The van der Waals surface area contributed by atoms with Gasteiger partial charge in [0.15, 0.2) is 0 Å². The van der Waals surface area contributed by atoms with E-state index in [1.54, 1.807) is 7.11 Å². The molecule has 0 fully saturated rings. The Labute approximate surface area is 166 Å². The second kappa shape index (κ2) is 9.43. The lowest BCUT2D eigenvalue weighted by atomic mass is 10.2. The maximum absolute atomic E-state index is 12.0. The number of rotatable bonds is 8. The van der Waals surface area contributed by atoms with Gasteiger partial charge in [0.2, 0.25) is 17.6 Å². The first-order valence-corrected chi connectivity index (χ1v) is 9.73. The van der Waals surface area contributed by atoms with Crippen molar-refractivity contribution in [2.24, 2.45) is 0 Å². The zero-order valence-corrected chi connectivity index (χ0v) is 16.2. The number of nitrogens with zero attached hydrogens (tertiary/aromatic N) is 2. The van der Waals surface area contributed by atoms with Crippen molar-refractivity contribution in [1.82, 2.24) is 15.5 Å². The number of carbonyl (C=O) groups is 1. The molecule has 3 rings (SSSR count). The fraction of sp³-hybridized carbons (Fsp3) is 0.211. The van der Waals surface area contributed by atoms with Crippen molar-refractivity contribution in [3.8, 4) is 17.1 Å². The van der Waals surface area contributed by atoms with Crippen LogP contribution in [0.25, 0.3) is 11.4 Å². The topological polar surface area (TPSA) is 77.3 Å². The summed E-state index contributed by atoms with van der Waals surface area (Å²) in [5.74, 6) is 2.47. The Morgan fingerprint density at radius 3 is 2.93 bits per heavy atom. The van der Waals surface area contributed by atoms with Crippen molar-refractivity contribution in [3.05, 3.63) is 65.0 Å². The van der Waals surface area contributed by atoms with Gasteiger partial charge in [-0.1, -0.05) is 41.0 Å². The van der Waals surface area contributed by atoms with E-state index in [-0.39, 0.29) is 12.5 Å². The summed E-state index contributed by atoms with van der Waals surface area (Å²) in [6.45, 7) is 0.188. The third kappa shape index (κ3) is 5.74. The summed E-state index contributed by atoms with van der Waals surface area (Å²) in [7, 11) is 1.60. The molecule has 8 heteroatoms. The largest absolute Gasteiger partial charge is 0.497 e. The number of carbonyl (C=O) groups excluding carboxylic acids is 1. The van der Waals surface area contributed by atoms with Gasteiger partial charge in [-0.2, -0.15) is 4.98 Å². The average molecular weight is 404 g/mol. The smallest absolute Gasteiger partial charge is 0.246 e. The highest BCUT2D eigenvalue weighted by Gasteiger charge is 2.11. The fourth-order valence-electron chi connectivity index (χ4n) is 2.32. The van der Waals surface area contributed by atoms with Gasteiger partial charge in [0.1, 0.15) is 5.75 Å². The number of amides is 1. The Kier molecular flexibility index (Phi) is 6.73. The minimum Gasteiger partial charge on any atom is -0.497 e. The van der Waals surface area contributed by atoms with Crippen molar-refractivity contribution in [3.63, 3.8) is 0 Å². The van der Waals surface area contributed by atoms with E-state index in [0.29, 0.717) is 34.0 Å². The molecular formula is C19H18ClN3O3S. The van der Waals surface area contributed by atoms with Crippen LogP contribution in [-0.4, -0.2) is 28.9 Å². The molecule has 2 aromatic carbocycles. The highest BCUT2D eigenvalue weighted by Crippen LogP contribution is 2.21. The van der Waals surface area contributed by atoms with Gasteiger partial charge < -0.3 is 14.6 Å². The highest BCUT2D eigenvalue weighted by atomic mass is 35.5. The first-order valence-electron chi connectivity index (χ1n) is 8.20. The summed E-state index contributed by atoms with van der Waals surface area (Å²) >= 11 is 7.46. The standard InChI is InChI=1S/C19H18ClN3O3S/c1-25-16-7-3-5-14(9-16)19-22-18(26-23-19)10-21-17(24)12-27-11-13-4-2-6-15(20)8-13/h2-9H,10-12H2,1H3,(H,21,24). The molecule has 1 amide bonds. The first-order chi connectivity index (χ1) is 13.1. The molecule has 6 nitrogen and oxygen atoms in total. The SMILES string of the molecule is COc1cccc(-c2noc(CNC(=O)CSCc3cccc(Cl)c3)n2)c1. The van der Waals surface area contributed by atoms with Crippen molar-refractivity contribution in [2.75, 3.05) is 12.9 Å². The Hall–Kier alpha value is -2.51. The van der Waals surface area contributed by atoms with Gasteiger partial charge in [-0.15, -0.1) is 11.8 Å². The Morgan fingerprint density at radius 1 is 1.26 bits per heavy atom. The minimum atomic E-state index is -0.0943. The second-order valence-electron chi connectivity index (χ2n) is 5.64. The van der Waals surface area contributed by atoms with Crippen LogP contribution < -0.4 is 10.1 Å². The number of halogens is 1. The molecular weight excluding hydrogens is 386 g/mol. The van der Waals surface area contributed by atoms with Crippen LogP contribution in [0.3, 0.4) is 0 Å². The quantitative estimate of drug-likeness (QED) is 0.613. The molecule has 0 aliphatic rings. The van der Waals surface area contributed by atoms with Gasteiger partial charge in [0.05, 0.1) is 19.4 Å². The van der Waals surface area contributed by atoms with Crippen LogP contribution in [0.2, 0.25) is 5.02 Å². The number of ether oxygens (including phenoxy) is 1. The number of hydrogen-bond donors (Lipinski definition) is 1. The van der Waals surface area contributed by atoms with Gasteiger partial charge in [-0.25, -0.2) is 0 Å². The van der Waals surface area contributed by atoms with Crippen LogP contribution in [0, 0.1) is 0 Å². The molecule has 0 spiro atoms. The van der Waals surface area contributed by atoms with Crippen molar-refractivity contribution < 1.29 is 14.1 Å². The van der Waals surface area contributed by atoms with Crippen LogP contribution in [0.5, 0.6) is 5.75 Å². The van der Waals surface area contributed by atoms with E-state index in [4.69, 9.17) is 20.9 Å². The molecule has 0 radical (unpaired) electrons. The van der Waals surface area contributed by atoms with Gasteiger partial charge in [0, 0.05) is 16.3 Å². The van der Waals surface area contributed by atoms with Gasteiger partial charge in [0.25, 0.3) is 0 Å². The first kappa shape index (κ1) is 19.3. The number of methoxy groups -OCH3 is 1. The lowest BCUT2D eigenvalue weighted by Crippen LogP contribution is -2.24. The summed E-state index contributed by atoms with van der Waals surface area (Å²) < 4.78 is 10.4. The van der Waals surface area contributed by atoms with Gasteiger partial charge >= 0.3 is 0 Å². The van der Waals surface area contributed by atoms with Crippen molar-refractivity contribution in [1.29, 1.82) is 0 Å². The number of thioether (sulfide) groups is 1. The molecule has 0 aliphatic carbocycles. The summed E-state index contributed by atoms with van der Waals surface area (Å²) in [5, 5.41) is 7.41. The predicted molar refractivity (Wildman–Crippen MR) is 106 cm³/mol. The molecule has 27 heavy (non-hydrogen) atoms. The Morgan fingerprint density at radius 2 is 2.11 bits per heavy atom. The van der Waals surface area contributed by atoms with Crippen LogP contribution in [0.15, 0.2) is 53.1 Å². The van der Waals surface area contributed by atoms with Crippen LogP contribution in [0.4, 0.5) is 0 Å². The van der Waals surface area contributed by atoms with Gasteiger partial charge in [-0.3, -0.25) is 4.79 Å². The van der Waals surface area contributed by atoms with E-state index >= 15 is 0 Å². The Balaban J connectivity index is 1.46. The summed E-state index contributed by atoms with van der Waals surface area (Å²) in [6.07, 6.45) is 0. The average Bonchev–Trinajstić information content (AvgIpc) is 3.16. The molecule has 0 atom stereocenters. The molecule has 0 unspecified atom stereocenters. The predicted octanol–water partition coefficient (Wildman–Crippen LogP) is 3.95. The second-order valence-corrected chi connectivity index (χ2v) is 7.07. The molecule has 1 heterocycles. The zero-order chi connectivity index (χ0) is 19.1. The van der Waals surface area contributed by atoms with E-state index in [2.05, 4.69) is 15.5 Å². The Bertz CT molecular complexity index is 916. The van der Waals surface area contributed by atoms with E-state index in [1.807, 2.05) is 48.5 Å². The van der Waals surface area contributed by atoms with Crippen LogP contribution in [-0.2, 0) is 17.1 Å². The third-order valence-corrected chi connectivity index (χ3v) is 4.86. The summed E-state index contributed by atoms with van der Waals surface area (Å²) in [4.78, 5) is 16.3. The van der Waals surface area contributed by atoms with Crippen LogP contribution >= 0.6 is 23.4 Å². The summed E-state index contributed by atoms with van der Waals surface area (Å²) in [6, 6.07) is 15.0.